The Morgan fingerprint density at radius 2 is 2.05 bits per heavy atom. The van der Waals surface area contributed by atoms with Crippen LogP contribution < -0.4 is 4.74 Å². The summed E-state index contributed by atoms with van der Waals surface area (Å²) in [7, 11) is 2.79. The number of ether oxygens (including phenoxy) is 3. The number of hydrogen-bond donors (Lipinski definition) is 1. The van der Waals surface area contributed by atoms with Crippen molar-refractivity contribution in [3.63, 3.8) is 0 Å². The van der Waals surface area contributed by atoms with Crippen molar-refractivity contribution < 1.29 is 24.1 Å². The van der Waals surface area contributed by atoms with Gasteiger partial charge in [-0.3, -0.25) is 0 Å². The standard InChI is InChI=1S/C15H20O5/c1-11-9-12(14(16)13(10-11)18-2)7-5-4-6-8-20-15(17)19-3/h4,6,9-10,16H,5,7-8H2,1-3H3/b6-4+. The summed E-state index contributed by atoms with van der Waals surface area (Å²) in [6.45, 7) is 2.13. The molecular formula is C15H20O5. The molecule has 0 aromatic heterocycles. The number of methoxy groups -OCH3 is 2. The number of rotatable bonds is 6. The number of allylic oxidation sites excluding steroid dienone is 1. The molecule has 0 radical (unpaired) electrons. The summed E-state index contributed by atoms with van der Waals surface area (Å²) >= 11 is 0. The van der Waals surface area contributed by atoms with Gasteiger partial charge in [0.2, 0.25) is 0 Å². The Morgan fingerprint density at radius 3 is 2.70 bits per heavy atom. The first-order valence-electron chi connectivity index (χ1n) is 6.30. The molecule has 0 spiro atoms. The zero-order valence-electron chi connectivity index (χ0n) is 12.0. The van der Waals surface area contributed by atoms with E-state index in [1.54, 1.807) is 12.1 Å². The van der Waals surface area contributed by atoms with E-state index < -0.39 is 6.16 Å². The summed E-state index contributed by atoms with van der Waals surface area (Å²) in [5.41, 5.74) is 1.87. The van der Waals surface area contributed by atoms with Crippen LogP contribution in [-0.4, -0.2) is 32.1 Å². The van der Waals surface area contributed by atoms with Crippen molar-refractivity contribution in [1.29, 1.82) is 0 Å². The number of hydrogen-bond acceptors (Lipinski definition) is 5. The lowest BCUT2D eigenvalue weighted by atomic mass is 10.0. The van der Waals surface area contributed by atoms with E-state index in [0.717, 1.165) is 17.5 Å². The Labute approximate surface area is 118 Å². The molecule has 5 nitrogen and oxygen atoms in total. The van der Waals surface area contributed by atoms with Crippen molar-refractivity contribution in [2.75, 3.05) is 20.8 Å². The summed E-state index contributed by atoms with van der Waals surface area (Å²) in [4.78, 5) is 10.7. The third-order valence-corrected chi connectivity index (χ3v) is 2.73. The highest BCUT2D eigenvalue weighted by molar-refractivity contribution is 5.59. The predicted molar refractivity (Wildman–Crippen MR) is 75.2 cm³/mol. The van der Waals surface area contributed by atoms with Crippen molar-refractivity contribution in [2.45, 2.75) is 19.8 Å². The summed E-state index contributed by atoms with van der Waals surface area (Å²) < 4.78 is 14.2. The van der Waals surface area contributed by atoms with Gasteiger partial charge < -0.3 is 19.3 Å². The van der Waals surface area contributed by atoms with Gasteiger partial charge in [-0.05, 0) is 37.0 Å². The zero-order valence-corrected chi connectivity index (χ0v) is 12.0. The molecular weight excluding hydrogens is 260 g/mol. The van der Waals surface area contributed by atoms with Crippen molar-refractivity contribution in [1.82, 2.24) is 0 Å². The van der Waals surface area contributed by atoms with Crippen LogP contribution in [0, 0.1) is 6.92 Å². The fourth-order valence-electron chi connectivity index (χ4n) is 1.76. The lowest BCUT2D eigenvalue weighted by Crippen LogP contribution is -2.03. The van der Waals surface area contributed by atoms with Crippen molar-refractivity contribution in [2.24, 2.45) is 0 Å². The predicted octanol–water partition coefficient (Wildman–Crippen LogP) is 2.98. The van der Waals surface area contributed by atoms with Crippen LogP contribution in [0.4, 0.5) is 4.79 Å². The number of carbonyl (C=O) groups is 1. The number of benzene rings is 1. The number of phenols is 1. The van der Waals surface area contributed by atoms with E-state index in [1.165, 1.54) is 14.2 Å². The van der Waals surface area contributed by atoms with Gasteiger partial charge in [-0.1, -0.05) is 18.2 Å². The number of carbonyl (C=O) groups excluding carboxylic acids is 1. The normalized spacial score (nSPS) is 10.6. The molecule has 0 saturated carbocycles. The molecule has 110 valence electrons. The monoisotopic (exact) mass is 280 g/mol. The Bertz CT molecular complexity index is 479. The Balaban J connectivity index is 2.48. The first kappa shape index (κ1) is 15.9. The molecule has 0 saturated heterocycles. The Morgan fingerprint density at radius 1 is 1.30 bits per heavy atom. The van der Waals surface area contributed by atoms with E-state index in [4.69, 9.17) is 9.47 Å². The second kappa shape index (κ2) is 8.09. The number of aromatic hydroxyl groups is 1. The van der Waals surface area contributed by atoms with Crippen LogP contribution in [0.15, 0.2) is 24.3 Å². The van der Waals surface area contributed by atoms with Crippen LogP contribution in [0.1, 0.15) is 17.5 Å². The average Bonchev–Trinajstić information content (AvgIpc) is 2.45. The van der Waals surface area contributed by atoms with Gasteiger partial charge in [0.05, 0.1) is 14.2 Å². The molecule has 0 amide bonds. The molecule has 5 heteroatoms. The molecule has 1 N–H and O–H groups in total. The second-order valence-corrected chi connectivity index (χ2v) is 4.25. The first-order chi connectivity index (χ1) is 9.58. The highest BCUT2D eigenvalue weighted by Crippen LogP contribution is 2.32. The van der Waals surface area contributed by atoms with Gasteiger partial charge in [0.1, 0.15) is 6.61 Å². The maximum absolute atomic E-state index is 10.7. The molecule has 0 heterocycles. The molecule has 0 aliphatic heterocycles. The minimum atomic E-state index is -0.698. The van der Waals surface area contributed by atoms with E-state index in [9.17, 15) is 9.90 Å². The topological polar surface area (TPSA) is 65.0 Å². The van der Waals surface area contributed by atoms with Crippen LogP contribution in [0.2, 0.25) is 0 Å². The lowest BCUT2D eigenvalue weighted by Gasteiger charge is -2.09. The van der Waals surface area contributed by atoms with E-state index in [0.29, 0.717) is 12.2 Å². The maximum Gasteiger partial charge on any atom is 0.508 e. The molecule has 0 unspecified atom stereocenters. The second-order valence-electron chi connectivity index (χ2n) is 4.25. The van der Waals surface area contributed by atoms with Gasteiger partial charge in [-0.15, -0.1) is 0 Å². The molecule has 0 fully saturated rings. The highest BCUT2D eigenvalue weighted by atomic mass is 16.7. The average molecular weight is 280 g/mol. The van der Waals surface area contributed by atoms with Gasteiger partial charge in [-0.2, -0.15) is 0 Å². The van der Waals surface area contributed by atoms with Crippen LogP contribution in [0.5, 0.6) is 11.5 Å². The van der Waals surface area contributed by atoms with Crippen LogP contribution in [0.3, 0.4) is 0 Å². The third-order valence-electron chi connectivity index (χ3n) is 2.73. The molecule has 1 rings (SSSR count). The molecule has 0 atom stereocenters. The minimum Gasteiger partial charge on any atom is -0.504 e. The van der Waals surface area contributed by atoms with Crippen LogP contribution in [-0.2, 0) is 15.9 Å². The summed E-state index contributed by atoms with van der Waals surface area (Å²) in [6, 6.07) is 3.72. The highest BCUT2D eigenvalue weighted by Gasteiger charge is 2.08. The van der Waals surface area contributed by atoms with Crippen molar-refractivity contribution in [3.05, 3.63) is 35.4 Å². The molecule has 1 aromatic carbocycles. The summed E-state index contributed by atoms with van der Waals surface area (Å²) in [5, 5.41) is 9.99. The van der Waals surface area contributed by atoms with E-state index >= 15 is 0 Å². The maximum atomic E-state index is 10.7. The van der Waals surface area contributed by atoms with Crippen LogP contribution in [0.25, 0.3) is 0 Å². The Hall–Kier alpha value is -2.17. The fraction of sp³-hybridized carbons (Fsp3) is 0.400. The SMILES string of the molecule is COC(=O)OC/C=C/CCc1cc(C)cc(OC)c1O. The lowest BCUT2D eigenvalue weighted by molar-refractivity contribution is 0.0817. The summed E-state index contributed by atoms with van der Waals surface area (Å²) in [6.07, 6.45) is 4.33. The third kappa shape index (κ3) is 4.84. The summed E-state index contributed by atoms with van der Waals surface area (Å²) in [5.74, 6) is 0.662. The van der Waals surface area contributed by atoms with Gasteiger partial charge in [0.25, 0.3) is 0 Å². The molecule has 0 aliphatic rings. The van der Waals surface area contributed by atoms with Gasteiger partial charge >= 0.3 is 6.16 Å². The number of aryl methyl sites for hydroxylation is 2. The van der Waals surface area contributed by atoms with E-state index in [-0.39, 0.29) is 12.4 Å². The largest absolute Gasteiger partial charge is 0.508 e. The molecule has 1 aromatic rings. The minimum absolute atomic E-state index is 0.176. The fourth-order valence-corrected chi connectivity index (χ4v) is 1.76. The quantitative estimate of drug-likeness (QED) is 0.641. The van der Waals surface area contributed by atoms with Crippen LogP contribution >= 0.6 is 0 Å². The molecule has 20 heavy (non-hydrogen) atoms. The smallest absolute Gasteiger partial charge is 0.504 e. The van der Waals surface area contributed by atoms with Crippen molar-refractivity contribution >= 4 is 6.16 Å². The van der Waals surface area contributed by atoms with Gasteiger partial charge in [0.15, 0.2) is 11.5 Å². The van der Waals surface area contributed by atoms with E-state index in [2.05, 4.69) is 4.74 Å². The van der Waals surface area contributed by atoms with Crippen molar-refractivity contribution in [3.8, 4) is 11.5 Å². The number of phenolic OH excluding ortho intramolecular Hbond substituents is 1. The zero-order chi connectivity index (χ0) is 15.0. The van der Waals surface area contributed by atoms with Gasteiger partial charge in [0, 0.05) is 0 Å². The molecule has 0 aliphatic carbocycles. The van der Waals surface area contributed by atoms with E-state index in [1.807, 2.05) is 19.1 Å². The van der Waals surface area contributed by atoms with Gasteiger partial charge in [-0.25, -0.2) is 4.79 Å². The Kier molecular flexibility index (Phi) is 6.43. The first-order valence-corrected chi connectivity index (χ1v) is 6.30. The molecule has 0 bridgehead atoms.